The van der Waals surface area contributed by atoms with E-state index in [2.05, 4.69) is 15.5 Å². The van der Waals surface area contributed by atoms with Crippen LogP contribution >= 0.6 is 35.0 Å². The number of halogens is 2. The Hall–Kier alpha value is -3.52. The lowest BCUT2D eigenvalue weighted by Gasteiger charge is -2.09. The molecule has 3 aromatic carbocycles. The van der Waals surface area contributed by atoms with Gasteiger partial charge in [-0.2, -0.15) is 5.10 Å². The highest BCUT2D eigenvalue weighted by atomic mass is 35.5. The van der Waals surface area contributed by atoms with Crippen molar-refractivity contribution in [2.75, 3.05) is 7.11 Å². The summed E-state index contributed by atoms with van der Waals surface area (Å²) in [6, 6.07) is 23.6. The number of ether oxygens (including phenoxy) is 2. The lowest BCUT2D eigenvalue weighted by molar-refractivity contribution is 0.0955. The summed E-state index contributed by atoms with van der Waals surface area (Å²) in [5.41, 5.74) is 5.67. The standard InChI is InChI=1S/C28H23Cl2N3O3S/c1-35-26-12-5-19(14-22(26)18-37-27-4-2-3-13-31-27)16-32-33-28(34)20-7-10-24(11-8-20)36-17-21-6-9-23(29)15-25(21)30/h2-16H,17-18H2,1H3,(H,33,34)/b32-16-. The molecule has 188 valence electrons. The first kappa shape index (κ1) is 26.5. The van der Waals surface area contributed by atoms with Crippen LogP contribution in [0.2, 0.25) is 10.0 Å². The van der Waals surface area contributed by atoms with E-state index in [0.29, 0.717) is 27.1 Å². The zero-order valence-corrected chi connectivity index (χ0v) is 22.2. The Kier molecular flexibility index (Phi) is 9.43. The van der Waals surface area contributed by atoms with E-state index < -0.39 is 0 Å². The van der Waals surface area contributed by atoms with E-state index in [0.717, 1.165) is 27.5 Å². The van der Waals surface area contributed by atoms with Crippen LogP contribution in [0.25, 0.3) is 0 Å². The van der Waals surface area contributed by atoms with Crippen molar-refractivity contribution in [1.29, 1.82) is 0 Å². The molecule has 0 aliphatic heterocycles. The van der Waals surface area contributed by atoms with Crippen LogP contribution in [-0.4, -0.2) is 24.2 Å². The number of pyridine rings is 1. The molecule has 0 radical (unpaired) electrons. The summed E-state index contributed by atoms with van der Waals surface area (Å²) >= 11 is 13.7. The van der Waals surface area contributed by atoms with E-state index in [4.69, 9.17) is 32.7 Å². The van der Waals surface area contributed by atoms with Crippen LogP contribution in [0.1, 0.15) is 27.0 Å². The van der Waals surface area contributed by atoms with Crippen LogP contribution in [0.5, 0.6) is 11.5 Å². The smallest absolute Gasteiger partial charge is 0.271 e. The highest BCUT2D eigenvalue weighted by Gasteiger charge is 2.08. The molecular formula is C28H23Cl2N3O3S. The van der Waals surface area contributed by atoms with Gasteiger partial charge in [0.2, 0.25) is 0 Å². The molecule has 0 saturated carbocycles. The van der Waals surface area contributed by atoms with Crippen LogP contribution in [0, 0.1) is 0 Å². The van der Waals surface area contributed by atoms with E-state index in [1.807, 2.05) is 42.5 Å². The van der Waals surface area contributed by atoms with Crippen LogP contribution in [-0.2, 0) is 12.4 Å². The third-order valence-corrected chi connectivity index (χ3v) is 6.80. The van der Waals surface area contributed by atoms with Gasteiger partial charge in [-0.15, -0.1) is 11.8 Å². The first-order valence-electron chi connectivity index (χ1n) is 11.2. The van der Waals surface area contributed by atoms with Crippen molar-refractivity contribution < 1.29 is 14.3 Å². The van der Waals surface area contributed by atoms with Gasteiger partial charge in [0.1, 0.15) is 18.1 Å². The first-order valence-corrected chi connectivity index (χ1v) is 13.0. The number of hydrazone groups is 1. The van der Waals surface area contributed by atoms with Gasteiger partial charge in [0.25, 0.3) is 5.91 Å². The van der Waals surface area contributed by atoms with Crippen LogP contribution in [0.15, 0.2) is 95.2 Å². The summed E-state index contributed by atoms with van der Waals surface area (Å²) in [6.45, 7) is 0.288. The maximum atomic E-state index is 12.5. The number of rotatable bonds is 10. The molecule has 0 fully saturated rings. The maximum Gasteiger partial charge on any atom is 0.271 e. The Bertz CT molecular complexity index is 1380. The zero-order valence-electron chi connectivity index (χ0n) is 19.9. The zero-order chi connectivity index (χ0) is 26.0. The van der Waals surface area contributed by atoms with Crippen molar-refractivity contribution in [1.82, 2.24) is 10.4 Å². The number of thioether (sulfide) groups is 1. The summed E-state index contributed by atoms with van der Waals surface area (Å²) in [7, 11) is 1.64. The largest absolute Gasteiger partial charge is 0.496 e. The van der Waals surface area contributed by atoms with Gasteiger partial charge in [-0.05, 0) is 72.3 Å². The molecule has 0 unspecified atom stereocenters. The molecule has 1 aromatic heterocycles. The minimum atomic E-state index is -0.331. The van der Waals surface area contributed by atoms with Crippen molar-refractivity contribution in [2.45, 2.75) is 17.4 Å². The Labute approximate surface area is 229 Å². The average Bonchev–Trinajstić information content (AvgIpc) is 2.92. The fourth-order valence-electron chi connectivity index (χ4n) is 3.31. The molecule has 9 heteroatoms. The summed E-state index contributed by atoms with van der Waals surface area (Å²) in [5.74, 6) is 1.75. The van der Waals surface area contributed by atoms with E-state index in [1.54, 1.807) is 67.7 Å². The molecule has 0 spiro atoms. The molecule has 6 nitrogen and oxygen atoms in total. The van der Waals surface area contributed by atoms with Crippen LogP contribution in [0.4, 0.5) is 0 Å². The Morgan fingerprint density at radius 3 is 2.59 bits per heavy atom. The van der Waals surface area contributed by atoms with Gasteiger partial charge < -0.3 is 9.47 Å². The third-order valence-electron chi connectivity index (χ3n) is 5.22. The predicted octanol–water partition coefficient (Wildman–Crippen LogP) is 7.03. The van der Waals surface area contributed by atoms with Crippen molar-refractivity contribution >= 4 is 47.1 Å². The molecule has 0 bridgehead atoms. The average molecular weight is 552 g/mol. The number of carbonyl (C=O) groups is 1. The molecule has 0 atom stereocenters. The van der Waals surface area contributed by atoms with E-state index in [-0.39, 0.29) is 12.5 Å². The van der Waals surface area contributed by atoms with Gasteiger partial charge >= 0.3 is 0 Å². The Balaban J connectivity index is 1.32. The van der Waals surface area contributed by atoms with Crippen molar-refractivity contribution in [3.63, 3.8) is 0 Å². The van der Waals surface area contributed by atoms with Crippen molar-refractivity contribution in [3.05, 3.63) is 117 Å². The third kappa shape index (κ3) is 7.73. The van der Waals surface area contributed by atoms with E-state index >= 15 is 0 Å². The van der Waals surface area contributed by atoms with Gasteiger partial charge in [-0.1, -0.05) is 35.3 Å². The molecule has 37 heavy (non-hydrogen) atoms. The molecule has 4 aromatic rings. The van der Waals surface area contributed by atoms with Crippen LogP contribution in [0.3, 0.4) is 0 Å². The number of amides is 1. The number of benzene rings is 3. The second-order valence-corrected chi connectivity index (χ2v) is 9.62. The highest BCUT2D eigenvalue weighted by Crippen LogP contribution is 2.27. The van der Waals surface area contributed by atoms with E-state index in [1.165, 1.54) is 0 Å². The molecule has 0 saturated heterocycles. The van der Waals surface area contributed by atoms with Gasteiger partial charge in [-0.3, -0.25) is 4.79 Å². The van der Waals surface area contributed by atoms with Gasteiger partial charge in [0.05, 0.1) is 18.4 Å². The van der Waals surface area contributed by atoms with Gasteiger partial charge in [0, 0.05) is 38.7 Å². The second kappa shape index (κ2) is 13.1. The summed E-state index contributed by atoms with van der Waals surface area (Å²) in [4.78, 5) is 16.8. The van der Waals surface area contributed by atoms with Crippen LogP contribution < -0.4 is 14.9 Å². The Morgan fingerprint density at radius 1 is 1.03 bits per heavy atom. The topological polar surface area (TPSA) is 72.8 Å². The molecule has 1 amide bonds. The van der Waals surface area contributed by atoms with Crippen molar-refractivity contribution in [2.24, 2.45) is 5.10 Å². The van der Waals surface area contributed by atoms with E-state index in [9.17, 15) is 4.79 Å². The summed E-state index contributed by atoms with van der Waals surface area (Å²) in [6.07, 6.45) is 3.36. The quantitative estimate of drug-likeness (QED) is 0.130. The van der Waals surface area contributed by atoms with Crippen molar-refractivity contribution in [3.8, 4) is 11.5 Å². The number of hydrogen-bond donors (Lipinski definition) is 1. The molecule has 0 aliphatic rings. The Morgan fingerprint density at radius 2 is 1.86 bits per heavy atom. The number of methoxy groups -OCH3 is 1. The first-order chi connectivity index (χ1) is 18.0. The predicted molar refractivity (Wildman–Crippen MR) is 149 cm³/mol. The number of carbonyl (C=O) groups excluding carboxylic acids is 1. The monoisotopic (exact) mass is 551 g/mol. The molecule has 1 N–H and O–H groups in total. The SMILES string of the molecule is COc1ccc(/C=N\NC(=O)c2ccc(OCc3ccc(Cl)cc3Cl)cc2)cc1CSc1ccccn1. The fourth-order valence-corrected chi connectivity index (χ4v) is 4.61. The number of hydrogen-bond acceptors (Lipinski definition) is 6. The second-order valence-electron chi connectivity index (χ2n) is 7.78. The molecule has 4 rings (SSSR count). The molecular weight excluding hydrogens is 529 g/mol. The fraction of sp³-hybridized carbons (Fsp3) is 0.107. The number of aromatic nitrogens is 1. The minimum absolute atomic E-state index is 0.288. The van der Waals surface area contributed by atoms with Gasteiger partial charge in [0.15, 0.2) is 0 Å². The normalized spacial score (nSPS) is 10.9. The molecule has 1 heterocycles. The molecule has 0 aliphatic carbocycles. The van der Waals surface area contributed by atoms with Gasteiger partial charge in [-0.25, -0.2) is 10.4 Å². The lowest BCUT2D eigenvalue weighted by atomic mass is 10.1. The minimum Gasteiger partial charge on any atom is -0.496 e. The number of nitrogens with one attached hydrogen (secondary N) is 1. The highest BCUT2D eigenvalue weighted by molar-refractivity contribution is 7.98. The maximum absolute atomic E-state index is 12.5. The summed E-state index contributed by atoms with van der Waals surface area (Å²) < 4.78 is 11.2. The lowest BCUT2D eigenvalue weighted by Crippen LogP contribution is -2.17. The number of nitrogens with zero attached hydrogens (tertiary/aromatic N) is 2. The summed E-state index contributed by atoms with van der Waals surface area (Å²) in [5, 5.41) is 6.15.